The molecule has 0 aliphatic rings. The van der Waals surface area contributed by atoms with Gasteiger partial charge in [-0.25, -0.2) is 0 Å². The lowest BCUT2D eigenvalue weighted by Crippen LogP contribution is -2.34. The minimum Gasteiger partial charge on any atom is -0.382 e. The van der Waals surface area contributed by atoms with Crippen LogP contribution < -0.4 is 11.1 Å². The molecule has 78 valence electrons. The summed E-state index contributed by atoms with van der Waals surface area (Å²) in [4.78, 5) is 11.2. The number of carbonyl (C=O) groups excluding carboxylic acids is 1. The number of nitrogens with one attached hydrogen (secondary N) is 1. The average molecular weight is 188 g/mol. The lowest BCUT2D eigenvalue weighted by atomic mass is 10.2. The van der Waals surface area contributed by atoms with E-state index in [1.807, 2.05) is 13.8 Å². The molecule has 3 N–H and O–H groups in total. The van der Waals surface area contributed by atoms with E-state index in [0.717, 1.165) is 13.0 Å². The largest absolute Gasteiger partial charge is 0.382 e. The van der Waals surface area contributed by atoms with Gasteiger partial charge in [0.2, 0.25) is 5.91 Å². The van der Waals surface area contributed by atoms with Crippen LogP contribution in [-0.4, -0.2) is 32.2 Å². The van der Waals surface area contributed by atoms with Crippen LogP contribution in [0.4, 0.5) is 0 Å². The number of hydrogen-bond acceptors (Lipinski definition) is 3. The second-order valence-corrected chi connectivity index (χ2v) is 2.98. The summed E-state index contributed by atoms with van der Waals surface area (Å²) in [7, 11) is 0. The van der Waals surface area contributed by atoms with E-state index in [2.05, 4.69) is 5.32 Å². The highest BCUT2D eigenvalue weighted by atomic mass is 16.5. The second kappa shape index (κ2) is 8.01. The number of hydrogen-bond donors (Lipinski definition) is 2. The first-order valence-electron chi connectivity index (χ1n) is 4.77. The first kappa shape index (κ1) is 12.4. The van der Waals surface area contributed by atoms with Gasteiger partial charge in [0.25, 0.3) is 0 Å². The molecule has 4 heteroatoms. The average Bonchev–Trinajstić information content (AvgIpc) is 2.16. The summed E-state index contributed by atoms with van der Waals surface area (Å²) < 4.78 is 5.13. The minimum absolute atomic E-state index is 0.0269. The summed E-state index contributed by atoms with van der Waals surface area (Å²) in [6.07, 6.45) is 0.858. The van der Waals surface area contributed by atoms with Crippen LogP contribution in [0.3, 0.4) is 0 Å². The molecule has 0 aliphatic heterocycles. The maximum atomic E-state index is 11.2. The molecular weight excluding hydrogens is 168 g/mol. The van der Waals surface area contributed by atoms with Gasteiger partial charge >= 0.3 is 0 Å². The summed E-state index contributed by atoms with van der Waals surface area (Å²) >= 11 is 0. The summed E-state index contributed by atoms with van der Waals surface area (Å²) in [6, 6.07) is 0. The molecule has 4 nitrogen and oxygen atoms in total. The molecule has 0 aromatic rings. The van der Waals surface area contributed by atoms with E-state index in [9.17, 15) is 4.79 Å². The number of amides is 1. The number of nitrogens with two attached hydrogens (primary N) is 1. The van der Waals surface area contributed by atoms with Crippen LogP contribution >= 0.6 is 0 Å². The van der Waals surface area contributed by atoms with Gasteiger partial charge in [-0.3, -0.25) is 4.79 Å². The molecule has 0 aromatic carbocycles. The summed E-state index contributed by atoms with van der Waals surface area (Å²) in [6.45, 7) is 6.27. The van der Waals surface area contributed by atoms with Gasteiger partial charge in [0.1, 0.15) is 0 Å². The highest BCUT2D eigenvalue weighted by molar-refractivity contribution is 5.78. The fourth-order valence-corrected chi connectivity index (χ4v) is 0.811. The van der Waals surface area contributed by atoms with Crippen molar-refractivity contribution in [1.82, 2.24) is 5.32 Å². The Morgan fingerprint density at radius 3 is 2.85 bits per heavy atom. The van der Waals surface area contributed by atoms with Crippen LogP contribution in [-0.2, 0) is 9.53 Å². The highest BCUT2D eigenvalue weighted by Gasteiger charge is 2.08. The molecule has 0 rings (SSSR count). The van der Waals surface area contributed by atoms with Crippen molar-refractivity contribution in [3.63, 3.8) is 0 Å². The maximum Gasteiger partial charge on any atom is 0.224 e. The molecule has 0 radical (unpaired) electrons. The molecular formula is C9H20N2O2. The molecule has 0 aromatic heterocycles. The second-order valence-electron chi connectivity index (χ2n) is 2.98. The minimum atomic E-state index is -0.0907. The molecule has 0 aliphatic carbocycles. The lowest BCUT2D eigenvalue weighted by Gasteiger charge is -2.09. The van der Waals surface area contributed by atoms with Gasteiger partial charge in [0, 0.05) is 32.2 Å². The zero-order valence-electron chi connectivity index (χ0n) is 8.51. The first-order valence-corrected chi connectivity index (χ1v) is 4.77. The maximum absolute atomic E-state index is 11.2. The van der Waals surface area contributed by atoms with Crippen molar-refractivity contribution in [3.8, 4) is 0 Å². The number of rotatable bonds is 7. The zero-order chi connectivity index (χ0) is 10.1. The van der Waals surface area contributed by atoms with Crippen molar-refractivity contribution in [1.29, 1.82) is 0 Å². The summed E-state index contributed by atoms with van der Waals surface area (Å²) in [5.74, 6) is -0.0638. The zero-order valence-corrected chi connectivity index (χ0v) is 8.51. The molecule has 13 heavy (non-hydrogen) atoms. The highest BCUT2D eigenvalue weighted by Crippen LogP contribution is 1.90. The smallest absolute Gasteiger partial charge is 0.224 e. The Morgan fingerprint density at radius 1 is 1.62 bits per heavy atom. The monoisotopic (exact) mass is 188 g/mol. The normalized spacial score (nSPS) is 12.5. The topological polar surface area (TPSA) is 64.3 Å². The predicted molar refractivity (Wildman–Crippen MR) is 52.3 cm³/mol. The van der Waals surface area contributed by atoms with Gasteiger partial charge in [-0.1, -0.05) is 6.92 Å². The van der Waals surface area contributed by atoms with Gasteiger partial charge in [0.05, 0.1) is 0 Å². The molecule has 1 unspecified atom stereocenters. The van der Waals surface area contributed by atoms with Crippen molar-refractivity contribution in [3.05, 3.63) is 0 Å². The van der Waals surface area contributed by atoms with Crippen LogP contribution in [0.2, 0.25) is 0 Å². The van der Waals surface area contributed by atoms with E-state index in [1.165, 1.54) is 0 Å². The Labute approximate surface area is 79.8 Å². The van der Waals surface area contributed by atoms with Gasteiger partial charge in [-0.05, 0) is 13.3 Å². The molecule has 1 atom stereocenters. The molecule has 0 saturated carbocycles. The van der Waals surface area contributed by atoms with E-state index in [1.54, 1.807) is 0 Å². The Kier molecular flexibility index (Phi) is 7.63. The molecule has 1 amide bonds. The van der Waals surface area contributed by atoms with Crippen molar-refractivity contribution < 1.29 is 9.53 Å². The molecule has 0 spiro atoms. The van der Waals surface area contributed by atoms with Gasteiger partial charge < -0.3 is 15.8 Å². The summed E-state index contributed by atoms with van der Waals surface area (Å²) in [5, 5.41) is 2.79. The van der Waals surface area contributed by atoms with Crippen LogP contribution in [0.5, 0.6) is 0 Å². The van der Waals surface area contributed by atoms with E-state index in [-0.39, 0.29) is 11.8 Å². The van der Waals surface area contributed by atoms with Gasteiger partial charge in [0.15, 0.2) is 0 Å². The van der Waals surface area contributed by atoms with E-state index >= 15 is 0 Å². The third-order valence-corrected chi connectivity index (χ3v) is 1.77. The Balaban J connectivity index is 3.27. The molecule has 0 saturated heterocycles. The Hall–Kier alpha value is -0.610. The third-order valence-electron chi connectivity index (χ3n) is 1.77. The Morgan fingerprint density at radius 2 is 2.31 bits per heavy atom. The van der Waals surface area contributed by atoms with Crippen LogP contribution in [0.1, 0.15) is 20.3 Å². The van der Waals surface area contributed by atoms with E-state index in [0.29, 0.717) is 19.7 Å². The molecule has 0 heterocycles. The van der Waals surface area contributed by atoms with Crippen LogP contribution in [0.25, 0.3) is 0 Å². The fourth-order valence-electron chi connectivity index (χ4n) is 0.811. The SMILES string of the molecule is CCOCCCNC(=O)C(C)CN. The van der Waals surface area contributed by atoms with Crippen molar-refractivity contribution in [2.75, 3.05) is 26.3 Å². The molecule has 0 fully saturated rings. The standard InChI is InChI=1S/C9H20N2O2/c1-3-13-6-4-5-11-9(12)8(2)7-10/h8H,3-7,10H2,1-2H3,(H,11,12). The predicted octanol–water partition coefficient (Wildman–Crippen LogP) is 0.124. The fraction of sp³-hybridized carbons (Fsp3) is 0.889. The Bertz CT molecular complexity index is 140. The van der Waals surface area contributed by atoms with Gasteiger partial charge in [-0.2, -0.15) is 0 Å². The van der Waals surface area contributed by atoms with Crippen LogP contribution in [0, 0.1) is 5.92 Å². The van der Waals surface area contributed by atoms with Crippen molar-refractivity contribution in [2.24, 2.45) is 11.7 Å². The summed E-state index contributed by atoms with van der Waals surface area (Å²) in [5.41, 5.74) is 5.34. The molecule has 0 bridgehead atoms. The lowest BCUT2D eigenvalue weighted by molar-refractivity contribution is -0.124. The van der Waals surface area contributed by atoms with Crippen molar-refractivity contribution >= 4 is 5.91 Å². The quantitative estimate of drug-likeness (QED) is 0.558. The van der Waals surface area contributed by atoms with E-state index < -0.39 is 0 Å². The van der Waals surface area contributed by atoms with Crippen molar-refractivity contribution in [2.45, 2.75) is 20.3 Å². The van der Waals surface area contributed by atoms with Crippen LogP contribution in [0.15, 0.2) is 0 Å². The number of carbonyl (C=O) groups is 1. The van der Waals surface area contributed by atoms with Gasteiger partial charge in [-0.15, -0.1) is 0 Å². The third kappa shape index (κ3) is 6.54. The first-order chi connectivity index (χ1) is 6.22. The van der Waals surface area contributed by atoms with E-state index in [4.69, 9.17) is 10.5 Å². The number of ether oxygens (including phenoxy) is 1.